The number of carbonyl (C=O) groups excluding carboxylic acids is 2. The maximum absolute atomic E-state index is 13.1. The van der Waals surface area contributed by atoms with Crippen molar-refractivity contribution in [1.29, 1.82) is 0 Å². The lowest BCUT2D eigenvalue weighted by molar-refractivity contribution is -0.129. The van der Waals surface area contributed by atoms with E-state index in [1.165, 1.54) is 6.07 Å². The molecule has 2 aromatic rings. The fraction of sp³-hybridized carbons (Fsp3) is 0.176. The fourth-order valence-electron chi connectivity index (χ4n) is 2.42. The van der Waals surface area contributed by atoms with Gasteiger partial charge in [-0.3, -0.25) is 9.59 Å². The summed E-state index contributed by atoms with van der Waals surface area (Å²) in [6, 6.07) is 8.04. The van der Waals surface area contributed by atoms with E-state index in [-0.39, 0.29) is 12.2 Å². The van der Waals surface area contributed by atoms with Gasteiger partial charge in [0.1, 0.15) is 5.75 Å². The summed E-state index contributed by atoms with van der Waals surface area (Å²) in [5.41, 5.74) is 0.913. The second-order valence-electron chi connectivity index (χ2n) is 5.46. The summed E-state index contributed by atoms with van der Waals surface area (Å²) in [5, 5.41) is 5.36. The average Bonchev–Trinajstić information content (AvgIpc) is 2.99. The van der Waals surface area contributed by atoms with Crippen molar-refractivity contribution in [3.05, 3.63) is 58.6 Å². The minimum Gasteiger partial charge on any atom is -0.480 e. The highest BCUT2D eigenvalue weighted by Crippen LogP contribution is 2.31. The molecule has 130 valence electrons. The number of hydrogen-bond acceptors (Lipinski definition) is 3. The number of amides is 2. The summed E-state index contributed by atoms with van der Waals surface area (Å²) in [7, 11) is 0. The molecule has 1 aliphatic rings. The van der Waals surface area contributed by atoms with Crippen LogP contribution in [0.2, 0.25) is 5.02 Å². The van der Waals surface area contributed by atoms with Gasteiger partial charge >= 0.3 is 0 Å². The largest absolute Gasteiger partial charge is 0.480 e. The smallest absolute Gasteiger partial charge is 0.261 e. The third kappa shape index (κ3) is 4.06. The maximum atomic E-state index is 13.1. The first-order chi connectivity index (χ1) is 11.9. The lowest BCUT2D eigenvalue weighted by Crippen LogP contribution is -2.41. The molecule has 0 unspecified atom stereocenters. The SMILES string of the molecule is O=C(CNC(=O)[C@H]1Cc2cc(Cl)ccc2O1)Nc1ccc(F)c(F)c1. The normalized spacial score (nSPS) is 15.2. The minimum atomic E-state index is -1.07. The number of anilines is 1. The van der Waals surface area contributed by atoms with E-state index in [0.29, 0.717) is 17.2 Å². The monoisotopic (exact) mass is 366 g/mol. The van der Waals surface area contributed by atoms with Crippen molar-refractivity contribution in [2.45, 2.75) is 12.5 Å². The van der Waals surface area contributed by atoms with Crippen molar-refractivity contribution in [2.24, 2.45) is 0 Å². The van der Waals surface area contributed by atoms with Gasteiger partial charge in [-0.05, 0) is 35.9 Å². The van der Waals surface area contributed by atoms with E-state index in [1.54, 1.807) is 18.2 Å². The third-order valence-electron chi connectivity index (χ3n) is 3.62. The van der Waals surface area contributed by atoms with Crippen LogP contribution in [0.1, 0.15) is 5.56 Å². The standard InChI is InChI=1S/C17H13ClF2N2O3/c18-10-1-4-14-9(5-10)6-15(25-14)17(24)21-8-16(23)22-11-2-3-12(19)13(20)7-11/h1-5,7,15H,6,8H2,(H,21,24)(H,22,23)/t15-/m1/s1. The van der Waals surface area contributed by atoms with Crippen molar-refractivity contribution < 1.29 is 23.1 Å². The molecule has 0 spiro atoms. The van der Waals surface area contributed by atoms with Crippen LogP contribution in [0.3, 0.4) is 0 Å². The summed E-state index contributed by atoms with van der Waals surface area (Å²) in [6.07, 6.45) is -0.392. The van der Waals surface area contributed by atoms with Gasteiger partial charge in [-0.25, -0.2) is 8.78 Å². The van der Waals surface area contributed by atoms with E-state index in [1.807, 2.05) is 0 Å². The molecule has 2 N–H and O–H groups in total. The van der Waals surface area contributed by atoms with Crippen LogP contribution in [0.25, 0.3) is 0 Å². The number of fused-ring (bicyclic) bond motifs is 1. The van der Waals surface area contributed by atoms with E-state index in [0.717, 1.165) is 17.7 Å². The quantitative estimate of drug-likeness (QED) is 0.874. The molecule has 0 fully saturated rings. The Hall–Kier alpha value is -2.67. The van der Waals surface area contributed by atoms with E-state index in [2.05, 4.69) is 10.6 Å². The summed E-state index contributed by atoms with van der Waals surface area (Å²) in [6.45, 7) is -0.325. The molecule has 0 aromatic heterocycles. The van der Waals surface area contributed by atoms with Crippen LogP contribution in [-0.4, -0.2) is 24.5 Å². The maximum Gasteiger partial charge on any atom is 0.261 e. The van der Waals surface area contributed by atoms with Gasteiger partial charge in [-0.2, -0.15) is 0 Å². The molecule has 2 amide bonds. The molecular formula is C17H13ClF2N2O3. The molecule has 0 aliphatic carbocycles. The highest BCUT2D eigenvalue weighted by molar-refractivity contribution is 6.30. The van der Waals surface area contributed by atoms with Gasteiger partial charge in [0.15, 0.2) is 17.7 Å². The third-order valence-corrected chi connectivity index (χ3v) is 3.85. The Morgan fingerprint density at radius 3 is 2.72 bits per heavy atom. The van der Waals surface area contributed by atoms with E-state index >= 15 is 0 Å². The van der Waals surface area contributed by atoms with Crippen LogP contribution in [0.15, 0.2) is 36.4 Å². The minimum absolute atomic E-state index is 0.0947. The molecule has 1 aliphatic heterocycles. The van der Waals surface area contributed by atoms with Crippen LogP contribution >= 0.6 is 11.6 Å². The first-order valence-corrected chi connectivity index (χ1v) is 7.78. The summed E-state index contributed by atoms with van der Waals surface area (Å²) in [5.74, 6) is -2.52. The number of hydrogen-bond donors (Lipinski definition) is 2. The van der Waals surface area contributed by atoms with Gasteiger partial charge in [0.05, 0.1) is 6.54 Å². The van der Waals surface area contributed by atoms with Gasteiger partial charge < -0.3 is 15.4 Å². The Balaban J connectivity index is 1.51. The zero-order valence-electron chi connectivity index (χ0n) is 12.8. The molecule has 0 bridgehead atoms. The molecule has 0 saturated heterocycles. The number of nitrogens with one attached hydrogen (secondary N) is 2. The molecule has 1 heterocycles. The lowest BCUT2D eigenvalue weighted by Gasteiger charge is -2.11. The molecule has 0 radical (unpaired) electrons. The lowest BCUT2D eigenvalue weighted by atomic mass is 10.1. The van der Waals surface area contributed by atoms with Crippen molar-refractivity contribution in [3.63, 3.8) is 0 Å². The molecule has 5 nitrogen and oxygen atoms in total. The topological polar surface area (TPSA) is 67.4 Å². The van der Waals surface area contributed by atoms with E-state index in [9.17, 15) is 18.4 Å². The van der Waals surface area contributed by atoms with Crippen molar-refractivity contribution in [1.82, 2.24) is 5.32 Å². The van der Waals surface area contributed by atoms with Gasteiger partial charge in [0.2, 0.25) is 5.91 Å². The highest BCUT2D eigenvalue weighted by Gasteiger charge is 2.29. The molecule has 8 heteroatoms. The van der Waals surface area contributed by atoms with Crippen LogP contribution in [-0.2, 0) is 16.0 Å². The highest BCUT2D eigenvalue weighted by atomic mass is 35.5. The van der Waals surface area contributed by atoms with Gasteiger partial charge in [-0.1, -0.05) is 11.6 Å². The summed E-state index contributed by atoms with van der Waals surface area (Å²) in [4.78, 5) is 23.9. The molecule has 1 atom stereocenters. The van der Waals surface area contributed by atoms with E-state index in [4.69, 9.17) is 16.3 Å². The Labute approximate surface area is 146 Å². The average molecular weight is 367 g/mol. The molecule has 0 saturated carbocycles. The fourth-order valence-corrected chi connectivity index (χ4v) is 2.62. The van der Waals surface area contributed by atoms with Crippen molar-refractivity contribution in [3.8, 4) is 5.75 Å². The Morgan fingerprint density at radius 1 is 1.16 bits per heavy atom. The first kappa shape index (κ1) is 17.2. The first-order valence-electron chi connectivity index (χ1n) is 7.40. The number of benzene rings is 2. The van der Waals surface area contributed by atoms with Crippen LogP contribution in [0, 0.1) is 11.6 Å². The van der Waals surface area contributed by atoms with Crippen LogP contribution in [0.4, 0.5) is 14.5 Å². The second kappa shape index (κ2) is 7.06. The Morgan fingerprint density at radius 2 is 1.96 bits per heavy atom. The predicted octanol–water partition coefficient (Wildman–Crippen LogP) is 2.68. The Bertz CT molecular complexity index is 845. The Kier molecular flexibility index (Phi) is 4.85. The van der Waals surface area contributed by atoms with Gasteiger partial charge in [-0.15, -0.1) is 0 Å². The number of carbonyl (C=O) groups is 2. The van der Waals surface area contributed by atoms with Crippen LogP contribution < -0.4 is 15.4 Å². The molecule has 2 aromatic carbocycles. The van der Waals surface area contributed by atoms with Crippen molar-refractivity contribution >= 4 is 29.1 Å². The zero-order chi connectivity index (χ0) is 18.0. The van der Waals surface area contributed by atoms with Gasteiger partial charge in [0.25, 0.3) is 5.91 Å². The molecule has 3 rings (SSSR count). The van der Waals surface area contributed by atoms with E-state index < -0.39 is 29.6 Å². The zero-order valence-corrected chi connectivity index (χ0v) is 13.6. The number of halogens is 3. The van der Waals surface area contributed by atoms with Crippen LogP contribution in [0.5, 0.6) is 5.75 Å². The summed E-state index contributed by atoms with van der Waals surface area (Å²) < 4.78 is 31.4. The number of ether oxygens (including phenoxy) is 1. The molecule has 25 heavy (non-hydrogen) atoms. The van der Waals surface area contributed by atoms with Gasteiger partial charge in [0, 0.05) is 23.2 Å². The summed E-state index contributed by atoms with van der Waals surface area (Å²) >= 11 is 5.89. The molecular weight excluding hydrogens is 354 g/mol. The van der Waals surface area contributed by atoms with Crippen molar-refractivity contribution in [2.75, 3.05) is 11.9 Å². The number of rotatable bonds is 4. The predicted molar refractivity (Wildman–Crippen MR) is 87.6 cm³/mol. The second-order valence-corrected chi connectivity index (χ2v) is 5.89.